The molecule has 2 atom stereocenters. The standard InChI is InChI=1S/C10H19FN4O/c1-7(12)14-9(13-3)15-5-4-8(16)10(2,11)6-15/h8,16H,4-6H2,1-3H3,(H2,12,13,14)/t8-,10+/m0/s1. The van der Waals surface area contributed by atoms with Gasteiger partial charge >= 0.3 is 0 Å². The summed E-state index contributed by atoms with van der Waals surface area (Å²) in [5.74, 6) is 0.732. The molecule has 0 spiro atoms. The van der Waals surface area contributed by atoms with Crippen LogP contribution < -0.4 is 5.32 Å². The van der Waals surface area contributed by atoms with E-state index in [1.165, 1.54) is 6.92 Å². The van der Waals surface area contributed by atoms with E-state index < -0.39 is 11.8 Å². The van der Waals surface area contributed by atoms with E-state index in [9.17, 15) is 9.50 Å². The Kier molecular flexibility index (Phi) is 3.85. The summed E-state index contributed by atoms with van der Waals surface area (Å²) in [4.78, 5) is 5.70. The van der Waals surface area contributed by atoms with E-state index >= 15 is 0 Å². The smallest absolute Gasteiger partial charge is 0.199 e. The van der Waals surface area contributed by atoms with Crippen molar-refractivity contribution in [2.75, 3.05) is 20.1 Å². The van der Waals surface area contributed by atoms with Gasteiger partial charge < -0.3 is 15.3 Å². The van der Waals surface area contributed by atoms with Gasteiger partial charge in [-0.2, -0.15) is 0 Å². The summed E-state index contributed by atoms with van der Waals surface area (Å²) in [6, 6.07) is 0. The predicted octanol–water partition coefficient (Wildman–Crippen LogP) is 0.354. The van der Waals surface area contributed by atoms with Crippen molar-refractivity contribution in [3.63, 3.8) is 0 Å². The third-order valence-corrected chi connectivity index (χ3v) is 2.68. The Morgan fingerprint density at radius 1 is 1.69 bits per heavy atom. The number of guanidine groups is 1. The molecule has 1 fully saturated rings. The molecule has 0 aliphatic carbocycles. The average Bonchev–Trinajstić information content (AvgIpc) is 2.18. The summed E-state index contributed by atoms with van der Waals surface area (Å²) < 4.78 is 13.9. The second-order valence-corrected chi connectivity index (χ2v) is 4.30. The summed E-state index contributed by atoms with van der Waals surface area (Å²) >= 11 is 0. The highest BCUT2D eigenvalue weighted by molar-refractivity contribution is 5.97. The number of likely N-dealkylation sites (tertiary alicyclic amines) is 1. The summed E-state index contributed by atoms with van der Waals surface area (Å²) in [7, 11) is 1.59. The maximum Gasteiger partial charge on any atom is 0.199 e. The molecule has 1 heterocycles. The third-order valence-electron chi connectivity index (χ3n) is 2.68. The van der Waals surface area contributed by atoms with Crippen LogP contribution in [-0.4, -0.2) is 53.7 Å². The quantitative estimate of drug-likeness (QED) is 0.415. The minimum atomic E-state index is -1.63. The van der Waals surface area contributed by atoms with Crippen LogP contribution in [0.25, 0.3) is 0 Å². The van der Waals surface area contributed by atoms with E-state index in [4.69, 9.17) is 5.41 Å². The molecule has 0 bridgehead atoms. The zero-order valence-corrected chi connectivity index (χ0v) is 9.92. The summed E-state index contributed by atoms with van der Waals surface area (Å²) in [5, 5.41) is 19.6. The molecular formula is C10H19FN4O. The van der Waals surface area contributed by atoms with Crippen LogP contribution in [-0.2, 0) is 0 Å². The molecular weight excluding hydrogens is 211 g/mol. The fourth-order valence-electron chi connectivity index (χ4n) is 1.76. The van der Waals surface area contributed by atoms with E-state index in [-0.39, 0.29) is 12.4 Å². The topological polar surface area (TPSA) is 71.7 Å². The highest BCUT2D eigenvalue weighted by Gasteiger charge is 2.39. The second-order valence-electron chi connectivity index (χ2n) is 4.30. The molecule has 0 aromatic heterocycles. The predicted molar refractivity (Wildman–Crippen MR) is 61.6 cm³/mol. The van der Waals surface area contributed by atoms with Gasteiger partial charge in [-0.3, -0.25) is 10.4 Å². The number of aliphatic hydroxyl groups excluding tert-OH is 1. The first-order valence-electron chi connectivity index (χ1n) is 5.27. The first kappa shape index (κ1) is 12.9. The van der Waals surface area contributed by atoms with Gasteiger partial charge in [-0.25, -0.2) is 4.39 Å². The lowest BCUT2D eigenvalue weighted by molar-refractivity contribution is -0.0411. The fourth-order valence-corrected chi connectivity index (χ4v) is 1.76. The maximum atomic E-state index is 13.9. The number of piperidine rings is 1. The number of rotatable bonds is 0. The Morgan fingerprint density at radius 3 is 2.75 bits per heavy atom. The molecule has 0 unspecified atom stereocenters. The number of nitrogens with zero attached hydrogens (tertiary/aromatic N) is 2. The minimum absolute atomic E-state index is 0.0844. The van der Waals surface area contributed by atoms with Gasteiger partial charge in [0.15, 0.2) is 11.6 Å². The van der Waals surface area contributed by atoms with Crippen LogP contribution in [0.4, 0.5) is 4.39 Å². The van der Waals surface area contributed by atoms with Crippen molar-refractivity contribution >= 4 is 11.8 Å². The maximum absolute atomic E-state index is 13.9. The van der Waals surface area contributed by atoms with Gasteiger partial charge in [-0.05, 0) is 20.3 Å². The lowest BCUT2D eigenvalue weighted by Crippen LogP contribution is -2.57. The molecule has 0 aromatic carbocycles. The first-order chi connectivity index (χ1) is 7.36. The molecule has 0 amide bonds. The Hall–Kier alpha value is -1.17. The lowest BCUT2D eigenvalue weighted by atomic mass is 9.94. The van der Waals surface area contributed by atoms with Gasteiger partial charge in [-0.15, -0.1) is 0 Å². The molecule has 0 aromatic rings. The highest BCUT2D eigenvalue weighted by atomic mass is 19.1. The van der Waals surface area contributed by atoms with Crippen LogP contribution in [0.2, 0.25) is 0 Å². The van der Waals surface area contributed by atoms with Gasteiger partial charge in [0.2, 0.25) is 0 Å². The molecule has 1 aliphatic rings. The number of hydrogen-bond acceptors (Lipinski definition) is 3. The van der Waals surface area contributed by atoms with Gasteiger partial charge in [0.25, 0.3) is 0 Å². The van der Waals surface area contributed by atoms with Crippen LogP contribution in [0.3, 0.4) is 0 Å². The van der Waals surface area contributed by atoms with Crippen LogP contribution >= 0.6 is 0 Å². The Labute approximate surface area is 94.9 Å². The molecule has 5 nitrogen and oxygen atoms in total. The zero-order valence-electron chi connectivity index (χ0n) is 9.92. The number of amidine groups is 1. The Bertz CT molecular complexity index is 303. The van der Waals surface area contributed by atoms with Gasteiger partial charge in [-0.1, -0.05) is 0 Å². The first-order valence-corrected chi connectivity index (χ1v) is 5.27. The second kappa shape index (κ2) is 4.78. The largest absolute Gasteiger partial charge is 0.390 e. The lowest BCUT2D eigenvalue weighted by Gasteiger charge is -2.40. The van der Waals surface area contributed by atoms with Gasteiger partial charge in [0, 0.05) is 13.6 Å². The molecule has 1 rings (SSSR count). The number of aliphatic imine (C=N–C) groups is 1. The Balaban J connectivity index is 2.71. The minimum Gasteiger partial charge on any atom is -0.390 e. The van der Waals surface area contributed by atoms with Crippen molar-refractivity contribution in [1.82, 2.24) is 10.2 Å². The molecule has 16 heavy (non-hydrogen) atoms. The molecule has 0 saturated carbocycles. The molecule has 0 radical (unpaired) electrons. The molecule has 3 N–H and O–H groups in total. The monoisotopic (exact) mass is 230 g/mol. The normalized spacial score (nSPS) is 31.4. The van der Waals surface area contributed by atoms with Crippen molar-refractivity contribution in [2.24, 2.45) is 4.99 Å². The number of halogens is 1. The number of aliphatic hydroxyl groups is 1. The van der Waals surface area contributed by atoms with Crippen molar-refractivity contribution in [1.29, 1.82) is 5.41 Å². The number of hydrogen-bond donors (Lipinski definition) is 3. The van der Waals surface area contributed by atoms with Crippen LogP contribution in [0, 0.1) is 5.41 Å². The Morgan fingerprint density at radius 2 is 2.31 bits per heavy atom. The van der Waals surface area contributed by atoms with Crippen LogP contribution in [0.15, 0.2) is 4.99 Å². The van der Waals surface area contributed by atoms with Gasteiger partial charge in [0.05, 0.1) is 18.5 Å². The molecule has 1 saturated heterocycles. The number of nitrogens with one attached hydrogen (secondary N) is 2. The average molecular weight is 230 g/mol. The zero-order chi connectivity index (χ0) is 12.3. The summed E-state index contributed by atoms with van der Waals surface area (Å²) in [6.07, 6.45) is -0.562. The summed E-state index contributed by atoms with van der Waals surface area (Å²) in [6.45, 7) is 3.60. The van der Waals surface area contributed by atoms with Crippen molar-refractivity contribution in [2.45, 2.75) is 32.0 Å². The molecule has 1 aliphatic heterocycles. The van der Waals surface area contributed by atoms with Crippen molar-refractivity contribution < 1.29 is 9.50 Å². The van der Waals surface area contributed by atoms with E-state index in [0.29, 0.717) is 18.9 Å². The van der Waals surface area contributed by atoms with Crippen LogP contribution in [0.1, 0.15) is 20.3 Å². The molecule has 6 heteroatoms. The fraction of sp³-hybridized carbons (Fsp3) is 0.800. The SMILES string of the molecule is CN=C(NC(C)=N)N1CC[C@H](O)[C@](C)(F)C1. The van der Waals surface area contributed by atoms with Crippen molar-refractivity contribution in [3.8, 4) is 0 Å². The van der Waals surface area contributed by atoms with E-state index in [0.717, 1.165) is 0 Å². The highest BCUT2D eigenvalue weighted by Crippen LogP contribution is 2.25. The molecule has 92 valence electrons. The van der Waals surface area contributed by atoms with E-state index in [1.54, 1.807) is 18.9 Å². The summed E-state index contributed by atoms with van der Waals surface area (Å²) in [5.41, 5.74) is -1.63. The van der Waals surface area contributed by atoms with Crippen molar-refractivity contribution in [3.05, 3.63) is 0 Å². The van der Waals surface area contributed by atoms with E-state index in [2.05, 4.69) is 10.3 Å². The van der Waals surface area contributed by atoms with Gasteiger partial charge in [0.1, 0.15) is 0 Å². The number of alkyl halides is 1. The third kappa shape index (κ3) is 2.91. The van der Waals surface area contributed by atoms with Crippen LogP contribution in [0.5, 0.6) is 0 Å². The van der Waals surface area contributed by atoms with E-state index in [1.807, 2.05) is 0 Å².